The van der Waals surface area contributed by atoms with Crippen LogP contribution < -0.4 is 0 Å². The molecule has 0 heterocycles. The summed E-state index contributed by atoms with van der Waals surface area (Å²) in [6, 6.07) is 5.86. The lowest BCUT2D eigenvalue weighted by Crippen LogP contribution is -2.14. The number of fused-ring (bicyclic) bond motifs is 1. The third-order valence-electron chi connectivity index (χ3n) is 3.04. The number of ketones is 1. The van der Waals surface area contributed by atoms with Crippen molar-refractivity contribution in [1.29, 1.82) is 0 Å². The molecule has 0 amide bonds. The van der Waals surface area contributed by atoms with Crippen molar-refractivity contribution in [3.05, 3.63) is 41.0 Å². The predicted molar refractivity (Wildman–Crippen MR) is 69.1 cm³/mol. The van der Waals surface area contributed by atoms with Crippen LogP contribution in [0.4, 0.5) is 0 Å². The molecule has 1 aliphatic carbocycles. The second-order valence-electron chi connectivity index (χ2n) is 4.29. The number of rotatable bonds is 3. The molecule has 1 aromatic carbocycles. The number of benzene rings is 1. The Morgan fingerprint density at radius 1 is 1.39 bits per heavy atom. The van der Waals surface area contributed by atoms with Gasteiger partial charge in [-0.25, -0.2) is 4.79 Å². The smallest absolute Gasteiger partial charge is 0.330 e. The first-order valence-electron chi connectivity index (χ1n) is 6.18. The molecule has 94 valence electrons. The van der Waals surface area contributed by atoms with Crippen LogP contribution in [0, 0.1) is 0 Å². The first kappa shape index (κ1) is 12.6. The zero-order chi connectivity index (χ0) is 13.0. The molecule has 0 aromatic heterocycles. The molecule has 0 N–H and O–H groups in total. The summed E-state index contributed by atoms with van der Waals surface area (Å²) in [5.74, 6) is -0.0454. The second kappa shape index (κ2) is 5.63. The van der Waals surface area contributed by atoms with Gasteiger partial charge in [0, 0.05) is 18.9 Å². The van der Waals surface area contributed by atoms with Crippen molar-refractivity contribution in [3.63, 3.8) is 0 Å². The molecular formula is C15H16O3. The Hall–Kier alpha value is -1.90. The fraction of sp³-hybridized carbons (Fsp3) is 0.333. The van der Waals surface area contributed by atoms with Gasteiger partial charge < -0.3 is 4.74 Å². The topological polar surface area (TPSA) is 43.4 Å². The van der Waals surface area contributed by atoms with Gasteiger partial charge in [0.15, 0.2) is 0 Å². The van der Waals surface area contributed by atoms with Crippen LogP contribution in [-0.4, -0.2) is 18.4 Å². The van der Waals surface area contributed by atoms with E-state index < -0.39 is 0 Å². The van der Waals surface area contributed by atoms with Crippen molar-refractivity contribution in [2.45, 2.75) is 26.2 Å². The van der Waals surface area contributed by atoms with Crippen LogP contribution in [0.1, 0.15) is 30.0 Å². The fourth-order valence-electron chi connectivity index (χ4n) is 2.19. The van der Waals surface area contributed by atoms with Gasteiger partial charge in [0.1, 0.15) is 5.78 Å². The maximum atomic E-state index is 11.4. The van der Waals surface area contributed by atoms with Crippen LogP contribution in [0.5, 0.6) is 0 Å². The highest BCUT2D eigenvalue weighted by atomic mass is 16.5. The summed E-state index contributed by atoms with van der Waals surface area (Å²) in [7, 11) is 0. The molecule has 0 saturated carbocycles. The van der Waals surface area contributed by atoms with Gasteiger partial charge in [0.25, 0.3) is 0 Å². The van der Waals surface area contributed by atoms with Gasteiger partial charge in [0.2, 0.25) is 0 Å². The summed E-state index contributed by atoms with van der Waals surface area (Å²) in [6.45, 7) is 2.16. The molecule has 0 radical (unpaired) electrons. The van der Waals surface area contributed by atoms with Crippen molar-refractivity contribution in [2.24, 2.45) is 0 Å². The molecular weight excluding hydrogens is 228 g/mol. The number of Topliss-reactive ketones (excluding diaryl/α,β-unsaturated/α-hetero) is 1. The SMILES string of the molecule is CCOC(=O)/C=C/c1cccc2c1CCC(=O)C2. The van der Waals surface area contributed by atoms with Crippen LogP contribution in [0.3, 0.4) is 0 Å². The first-order chi connectivity index (χ1) is 8.70. The van der Waals surface area contributed by atoms with E-state index in [4.69, 9.17) is 4.74 Å². The van der Waals surface area contributed by atoms with Crippen LogP contribution in [0.15, 0.2) is 24.3 Å². The third kappa shape index (κ3) is 2.86. The minimum atomic E-state index is -0.331. The van der Waals surface area contributed by atoms with Gasteiger partial charge in [-0.15, -0.1) is 0 Å². The Kier molecular flexibility index (Phi) is 3.92. The van der Waals surface area contributed by atoms with Crippen LogP contribution in [0.25, 0.3) is 6.08 Å². The molecule has 1 aliphatic rings. The quantitative estimate of drug-likeness (QED) is 0.605. The van der Waals surface area contributed by atoms with E-state index in [1.165, 1.54) is 11.6 Å². The fourth-order valence-corrected chi connectivity index (χ4v) is 2.19. The summed E-state index contributed by atoms with van der Waals surface area (Å²) in [4.78, 5) is 22.7. The second-order valence-corrected chi connectivity index (χ2v) is 4.29. The molecule has 3 nitrogen and oxygen atoms in total. The normalized spacial score (nSPS) is 14.6. The van der Waals surface area contributed by atoms with E-state index in [1.807, 2.05) is 18.2 Å². The summed E-state index contributed by atoms with van der Waals surface area (Å²) in [5.41, 5.74) is 3.27. The van der Waals surface area contributed by atoms with Gasteiger partial charge in [0.05, 0.1) is 6.61 Å². The Labute approximate surface area is 106 Å². The largest absolute Gasteiger partial charge is 0.463 e. The molecule has 1 aromatic rings. The molecule has 2 rings (SSSR count). The molecule has 18 heavy (non-hydrogen) atoms. The Morgan fingerprint density at radius 2 is 2.22 bits per heavy atom. The Bertz CT molecular complexity index is 500. The maximum Gasteiger partial charge on any atom is 0.330 e. The molecule has 0 aliphatic heterocycles. The van der Waals surface area contributed by atoms with Crippen LogP contribution >= 0.6 is 0 Å². The highest BCUT2D eigenvalue weighted by molar-refractivity contribution is 5.88. The lowest BCUT2D eigenvalue weighted by molar-refractivity contribution is -0.137. The standard InChI is InChI=1S/C15H16O3/c1-2-18-15(17)9-6-11-4-3-5-12-10-13(16)7-8-14(11)12/h3-6,9H,2,7-8,10H2,1H3/b9-6+. The first-order valence-corrected chi connectivity index (χ1v) is 6.18. The van der Waals surface area contributed by atoms with Crippen molar-refractivity contribution in [2.75, 3.05) is 6.61 Å². The number of carbonyl (C=O) groups excluding carboxylic acids is 2. The van der Waals surface area contributed by atoms with Crippen molar-refractivity contribution < 1.29 is 14.3 Å². The molecule has 3 heteroatoms. The summed E-state index contributed by atoms with van der Waals surface area (Å²) >= 11 is 0. The van der Waals surface area contributed by atoms with E-state index in [1.54, 1.807) is 13.0 Å². The van der Waals surface area contributed by atoms with Crippen LogP contribution in [-0.2, 0) is 27.2 Å². The molecule has 0 bridgehead atoms. The van der Waals surface area contributed by atoms with Crippen molar-refractivity contribution in [3.8, 4) is 0 Å². The van der Waals surface area contributed by atoms with Gasteiger partial charge in [-0.3, -0.25) is 4.79 Å². The molecule has 0 fully saturated rings. The lowest BCUT2D eigenvalue weighted by Gasteiger charge is -2.16. The Morgan fingerprint density at radius 3 is 3.00 bits per heavy atom. The highest BCUT2D eigenvalue weighted by Gasteiger charge is 2.16. The Balaban J connectivity index is 2.22. The van der Waals surface area contributed by atoms with E-state index in [0.29, 0.717) is 19.4 Å². The van der Waals surface area contributed by atoms with E-state index >= 15 is 0 Å². The molecule has 0 saturated heterocycles. The lowest BCUT2D eigenvalue weighted by atomic mass is 9.87. The number of hydrogen-bond acceptors (Lipinski definition) is 3. The van der Waals surface area contributed by atoms with Crippen LogP contribution in [0.2, 0.25) is 0 Å². The monoisotopic (exact) mass is 244 g/mol. The minimum absolute atomic E-state index is 0.286. The average molecular weight is 244 g/mol. The number of ether oxygens (including phenoxy) is 1. The van der Waals surface area contributed by atoms with Crippen molar-refractivity contribution >= 4 is 17.8 Å². The summed E-state index contributed by atoms with van der Waals surface area (Å²) < 4.78 is 4.84. The van der Waals surface area contributed by atoms with Gasteiger partial charge in [-0.1, -0.05) is 18.2 Å². The zero-order valence-electron chi connectivity index (χ0n) is 10.4. The third-order valence-corrected chi connectivity index (χ3v) is 3.04. The summed E-state index contributed by atoms with van der Waals surface area (Å²) in [5, 5.41) is 0. The predicted octanol–water partition coefficient (Wildman–Crippen LogP) is 2.32. The number of esters is 1. The van der Waals surface area contributed by atoms with E-state index in [-0.39, 0.29) is 11.8 Å². The van der Waals surface area contributed by atoms with E-state index in [2.05, 4.69) is 0 Å². The van der Waals surface area contributed by atoms with Gasteiger partial charge in [-0.05, 0) is 36.1 Å². The zero-order valence-corrected chi connectivity index (χ0v) is 10.4. The molecule has 0 unspecified atom stereocenters. The summed E-state index contributed by atoms with van der Waals surface area (Å²) in [6.07, 6.45) is 5.08. The maximum absolute atomic E-state index is 11.4. The van der Waals surface area contributed by atoms with Gasteiger partial charge in [-0.2, -0.15) is 0 Å². The average Bonchev–Trinajstić information content (AvgIpc) is 2.36. The van der Waals surface area contributed by atoms with E-state index in [0.717, 1.165) is 17.5 Å². The number of carbonyl (C=O) groups is 2. The minimum Gasteiger partial charge on any atom is -0.463 e. The highest BCUT2D eigenvalue weighted by Crippen LogP contribution is 2.23. The van der Waals surface area contributed by atoms with Gasteiger partial charge >= 0.3 is 5.97 Å². The number of hydrogen-bond donors (Lipinski definition) is 0. The molecule has 0 atom stereocenters. The van der Waals surface area contributed by atoms with Crippen molar-refractivity contribution in [1.82, 2.24) is 0 Å². The van der Waals surface area contributed by atoms with E-state index in [9.17, 15) is 9.59 Å². The molecule has 0 spiro atoms.